The van der Waals surface area contributed by atoms with Crippen molar-refractivity contribution in [2.75, 3.05) is 13.2 Å². The van der Waals surface area contributed by atoms with E-state index in [9.17, 15) is 9.59 Å². The summed E-state index contributed by atoms with van der Waals surface area (Å²) in [7, 11) is 0. The summed E-state index contributed by atoms with van der Waals surface area (Å²) in [6, 6.07) is 15.7. The van der Waals surface area contributed by atoms with Gasteiger partial charge in [0, 0.05) is 0 Å². The Balaban J connectivity index is 1.80. The van der Waals surface area contributed by atoms with Crippen LogP contribution in [0.15, 0.2) is 54.6 Å². The number of esters is 2. The van der Waals surface area contributed by atoms with E-state index < -0.39 is 11.9 Å². The Bertz CT molecular complexity index is 988. The van der Waals surface area contributed by atoms with E-state index in [0.29, 0.717) is 36.0 Å². The Kier molecular flexibility index (Phi) is 8.43. The highest BCUT2D eigenvalue weighted by Gasteiger charge is 2.13. The zero-order valence-corrected chi connectivity index (χ0v) is 18.4. The fourth-order valence-corrected chi connectivity index (χ4v) is 2.87. The number of rotatable bonds is 10. The average Bonchev–Trinajstić information content (AvgIpc) is 2.84. The molecule has 3 heterocycles. The predicted octanol–water partition coefficient (Wildman–Crippen LogP) is 5.12. The molecule has 166 valence electrons. The van der Waals surface area contributed by atoms with Crippen molar-refractivity contribution in [3.63, 3.8) is 0 Å². The van der Waals surface area contributed by atoms with E-state index in [-0.39, 0.29) is 11.4 Å². The van der Waals surface area contributed by atoms with Gasteiger partial charge in [0.25, 0.3) is 0 Å². The van der Waals surface area contributed by atoms with Gasteiger partial charge in [-0.15, -0.1) is 0 Å². The molecule has 0 fully saturated rings. The molecule has 32 heavy (non-hydrogen) atoms. The van der Waals surface area contributed by atoms with Crippen molar-refractivity contribution in [2.24, 2.45) is 0 Å². The number of aromatic nitrogens is 3. The summed E-state index contributed by atoms with van der Waals surface area (Å²) in [6.45, 7) is 4.81. The van der Waals surface area contributed by atoms with Gasteiger partial charge in [0.05, 0.1) is 36.0 Å². The van der Waals surface area contributed by atoms with Gasteiger partial charge in [0.15, 0.2) is 0 Å². The second-order valence-corrected chi connectivity index (χ2v) is 7.20. The van der Waals surface area contributed by atoms with Gasteiger partial charge >= 0.3 is 11.9 Å². The topological polar surface area (TPSA) is 91.3 Å². The third-order valence-corrected chi connectivity index (χ3v) is 4.65. The lowest BCUT2D eigenvalue weighted by atomic mass is 10.2. The Morgan fingerprint density at radius 1 is 0.625 bits per heavy atom. The average molecular weight is 434 g/mol. The van der Waals surface area contributed by atoms with Crippen LogP contribution in [0.5, 0.6) is 0 Å². The number of unbranched alkanes of at least 4 members (excludes halogenated alkanes) is 2. The van der Waals surface area contributed by atoms with E-state index in [0.717, 1.165) is 25.7 Å². The van der Waals surface area contributed by atoms with Gasteiger partial charge in [-0.3, -0.25) is 0 Å². The third kappa shape index (κ3) is 6.20. The molecule has 0 amide bonds. The van der Waals surface area contributed by atoms with E-state index in [1.54, 1.807) is 48.5 Å². The van der Waals surface area contributed by atoms with Gasteiger partial charge in [-0.1, -0.05) is 44.9 Å². The molecule has 0 radical (unpaired) electrons. The molecule has 0 atom stereocenters. The maximum Gasteiger partial charge on any atom is 0.356 e. The molecule has 0 N–H and O–H groups in total. The second kappa shape index (κ2) is 11.7. The summed E-state index contributed by atoms with van der Waals surface area (Å²) in [5.41, 5.74) is 2.74. The zero-order valence-electron chi connectivity index (χ0n) is 18.4. The van der Waals surface area contributed by atoms with Crippen LogP contribution < -0.4 is 0 Å². The molecule has 3 rings (SSSR count). The second-order valence-electron chi connectivity index (χ2n) is 7.20. The summed E-state index contributed by atoms with van der Waals surface area (Å²) in [5.74, 6) is -0.903. The summed E-state index contributed by atoms with van der Waals surface area (Å²) in [5, 5.41) is 0. The summed E-state index contributed by atoms with van der Waals surface area (Å²) < 4.78 is 10.5. The van der Waals surface area contributed by atoms with Crippen LogP contribution in [0.25, 0.3) is 22.8 Å². The van der Waals surface area contributed by atoms with Crippen molar-refractivity contribution in [3.05, 3.63) is 66.0 Å². The van der Waals surface area contributed by atoms with Crippen molar-refractivity contribution in [2.45, 2.75) is 39.5 Å². The highest BCUT2D eigenvalue weighted by molar-refractivity contribution is 5.88. The SMILES string of the molecule is CCCCOC(=O)c1cccc(-c2cccc(-c3cccc(C(=O)OCCCC)n3)n2)n1. The molecule has 0 aromatic carbocycles. The summed E-state index contributed by atoms with van der Waals surface area (Å²) in [6.07, 6.45) is 3.52. The van der Waals surface area contributed by atoms with E-state index >= 15 is 0 Å². The molecule has 3 aromatic heterocycles. The van der Waals surface area contributed by atoms with Crippen LogP contribution in [0.4, 0.5) is 0 Å². The first-order chi connectivity index (χ1) is 15.6. The number of carbonyl (C=O) groups excluding carboxylic acids is 2. The van der Waals surface area contributed by atoms with E-state index in [2.05, 4.69) is 15.0 Å². The van der Waals surface area contributed by atoms with E-state index in [1.807, 2.05) is 19.9 Å². The van der Waals surface area contributed by atoms with Crippen LogP contribution in [-0.4, -0.2) is 40.1 Å². The number of hydrogen-bond acceptors (Lipinski definition) is 7. The zero-order chi connectivity index (χ0) is 22.8. The normalized spacial score (nSPS) is 10.6. The number of hydrogen-bond donors (Lipinski definition) is 0. The van der Waals surface area contributed by atoms with Gasteiger partial charge in [-0.05, 0) is 49.2 Å². The van der Waals surface area contributed by atoms with Crippen molar-refractivity contribution in [3.8, 4) is 22.8 Å². The number of pyridine rings is 3. The molecule has 7 heteroatoms. The van der Waals surface area contributed by atoms with Gasteiger partial charge < -0.3 is 9.47 Å². The van der Waals surface area contributed by atoms with Crippen LogP contribution in [0, 0.1) is 0 Å². The molecule has 0 unspecified atom stereocenters. The van der Waals surface area contributed by atoms with Crippen LogP contribution in [-0.2, 0) is 9.47 Å². The van der Waals surface area contributed by atoms with Gasteiger partial charge in [0.1, 0.15) is 11.4 Å². The lowest BCUT2D eigenvalue weighted by Gasteiger charge is -2.08. The number of ether oxygens (including phenoxy) is 2. The lowest BCUT2D eigenvalue weighted by molar-refractivity contribution is 0.0484. The van der Waals surface area contributed by atoms with E-state index in [1.165, 1.54) is 0 Å². The monoisotopic (exact) mass is 433 g/mol. The molecule has 0 bridgehead atoms. The Hall–Kier alpha value is -3.61. The fraction of sp³-hybridized carbons (Fsp3) is 0.320. The molecule has 3 aromatic rings. The number of nitrogens with zero attached hydrogens (tertiary/aromatic N) is 3. The van der Waals surface area contributed by atoms with E-state index in [4.69, 9.17) is 9.47 Å². The molecule has 0 aliphatic rings. The molecule has 7 nitrogen and oxygen atoms in total. The first kappa shape index (κ1) is 23.1. The van der Waals surface area contributed by atoms with Crippen LogP contribution >= 0.6 is 0 Å². The molecule has 0 aliphatic heterocycles. The smallest absolute Gasteiger partial charge is 0.356 e. The largest absolute Gasteiger partial charge is 0.461 e. The quantitative estimate of drug-likeness (QED) is 0.324. The molecule has 0 spiro atoms. The molecule has 0 saturated carbocycles. The molecule has 0 aliphatic carbocycles. The Morgan fingerprint density at radius 3 is 1.41 bits per heavy atom. The minimum Gasteiger partial charge on any atom is -0.461 e. The first-order valence-corrected chi connectivity index (χ1v) is 10.9. The van der Waals surface area contributed by atoms with Crippen molar-refractivity contribution < 1.29 is 19.1 Å². The first-order valence-electron chi connectivity index (χ1n) is 10.9. The highest BCUT2D eigenvalue weighted by Crippen LogP contribution is 2.21. The van der Waals surface area contributed by atoms with Gasteiger partial charge in [0.2, 0.25) is 0 Å². The number of carbonyl (C=O) groups is 2. The standard InChI is InChI=1S/C25H27N3O4/c1-3-5-16-31-24(29)22-14-8-12-20(27-22)18-10-7-11-19(26-18)21-13-9-15-23(28-21)25(30)32-17-6-4-2/h7-15H,3-6,16-17H2,1-2H3. The fourth-order valence-electron chi connectivity index (χ4n) is 2.87. The third-order valence-electron chi connectivity index (χ3n) is 4.65. The maximum absolute atomic E-state index is 12.2. The van der Waals surface area contributed by atoms with Gasteiger partial charge in [-0.2, -0.15) is 0 Å². The lowest BCUT2D eigenvalue weighted by Crippen LogP contribution is -2.09. The van der Waals surface area contributed by atoms with Crippen LogP contribution in [0.2, 0.25) is 0 Å². The van der Waals surface area contributed by atoms with Crippen LogP contribution in [0.1, 0.15) is 60.5 Å². The van der Waals surface area contributed by atoms with Gasteiger partial charge in [-0.25, -0.2) is 24.5 Å². The van der Waals surface area contributed by atoms with Crippen molar-refractivity contribution >= 4 is 11.9 Å². The Morgan fingerprint density at radius 2 is 1.00 bits per heavy atom. The maximum atomic E-state index is 12.2. The predicted molar refractivity (Wildman–Crippen MR) is 121 cm³/mol. The highest BCUT2D eigenvalue weighted by atomic mass is 16.5. The minimum atomic E-state index is -0.451. The van der Waals surface area contributed by atoms with Crippen molar-refractivity contribution in [1.82, 2.24) is 15.0 Å². The summed E-state index contributed by atoms with van der Waals surface area (Å²) in [4.78, 5) is 37.9. The summed E-state index contributed by atoms with van der Waals surface area (Å²) >= 11 is 0. The minimum absolute atomic E-state index is 0.237. The molecule has 0 saturated heterocycles. The van der Waals surface area contributed by atoms with Crippen LogP contribution in [0.3, 0.4) is 0 Å². The molecular formula is C25H27N3O4. The van der Waals surface area contributed by atoms with Crippen molar-refractivity contribution in [1.29, 1.82) is 0 Å². The Labute approximate surface area is 187 Å². The molecular weight excluding hydrogens is 406 g/mol.